The van der Waals surface area contributed by atoms with Crippen molar-refractivity contribution in [1.29, 1.82) is 0 Å². The van der Waals surface area contributed by atoms with E-state index < -0.39 is 17.8 Å². The lowest BCUT2D eigenvalue weighted by atomic mass is 10.1. The van der Waals surface area contributed by atoms with Crippen LogP contribution in [-0.4, -0.2) is 27.8 Å². The van der Waals surface area contributed by atoms with E-state index in [2.05, 4.69) is 4.98 Å². The van der Waals surface area contributed by atoms with Gasteiger partial charge in [0.15, 0.2) is 0 Å². The third-order valence-corrected chi connectivity index (χ3v) is 3.40. The number of amides is 2. The van der Waals surface area contributed by atoms with Crippen molar-refractivity contribution >= 4 is 17.8 Å². The zero-order chi connectivity index (χ0) is 15.7. The van der Waals surface area contributed by atoms with Crippen LogP contribution < -0.4 is 0 Å². The van der Waals surface area contributed by atoms with Crippen LogP contribution in [-0.2, 0) is 16.1 Å². The molecule has 0 N–H and O–H groups in total. The number of fused-ring (bicyclic) bond motifs is 1. The number of carbonyl (C=O) groups is 3. The molecule has 2 heterocycles. The average Bonchev–Trinajstić information content (AvgIpc) is 2.75. The third-order valence-electron chi connectivity index (χ3n) is 3.40. The Balaban J connectivity index is 1.75. The lowest BCUT2D eigenvalue weighted by molar-refractivity contribution is -0.167. The topological polar surface area (TPSA) is 76.6 Å². The Labute approximate surface area is 126 Å². The Hall–Kier alpha value is -3.02. The summed E-state index contributed by atoms with van der Waals surface area (Å²) in [7, 11) is 0. The molecule has 0 fully saturated rings. The second-order valence-electron chi connectivity index (χ2n) is 4.84. The second-order valence-corrected chi connectivity index (χ2v) is 4.84. The zero-order valence-corrected chi connectivity index (χ0v) is 11.8. The van der Waals surface area contributed by atoms with Crippen LogP contribution in [0.2, 0.25) is 0 Å². The van der Waals surface area contributed by atoms with E-state index in [0.717, 1.165) is 0 Å². The first-order chi connectivity index (χ1) is 10.6. The number of hydrogen-bond donors (Lipinski definition) is 0. The molecule has 0 spiro atoms. The van der Waals surface area contributed by atoms with Gasteiger partial charge in [-0.3, -0.25) is 14.6 Å². The second kappa shape index (κ2) is 5.40. The van der Waals surface area contributed by atoms with Crippen molar-refractivity contribution in [2.75, 3.05) is 0 Å². The summed E-state index contributed by atoms with van der Waals surface area (Å²) in [4.78, 5) is 45.1. The molecule has 0 saturated heterocycles. The van der Waals surface area contributed by atoms with Gasteiger partial charge in [-0.25, -0.2) is 4.79 Å². The first kappa shape index (κ1) is 13.9. The number of carbonyl (C=O) groups excluding carboxylic acids is 3. The van der Waals surface area contributed by atoms with Gasteiger partial charge in [-0.2, -0.15) is 0 Å². The number of hydroxylamine groups is 2. The maximum atomic E-state index is 12.1. The van der Waals surface area contributed by atoms with E-state index in [-0.39, 0.29) is 17.5 Å². The van der Waals surface area contributed by atoms with Gasteiger partial charge in [0, 0.05) is 11.9 Å². The summed E-state index contributed by atoms with van der Waals surface area (Å²) in [6, 6.07) is 9.79. The van der Waals surface area contributed by atoms with Crippen LogP contribution in [0.15, 0.2) is 42.6 Å². The molecule has 0 unspecified atom stereocenters. The highest BCUT2D eigenvalue weighted by Crippen LogP contribution is 2.22. The zero-order valence-electron chi connectivity index (χ0n) is 11.8. The van der Waals surface area contributed by atoms with E-state index in [1.807, 2.05) is 0 Å². The largest absolute Gasteiger partial charge is 0.337 e. The predicted molar refractivity (Wildman–Crippen MR) is 75.7 cm³/mol. The summed E-state index contributed by atoms with van der Waals surface area (Å²) in [6.07, 6.45) is 1.56. The van der Waals surface area contributed by atoms with Gasteiger partial charge in [-0.1, -0.05) is 23.3 Å². The van der Waals surface area contributed by atoms with E-state index in [1.54, 1.807) is 37.4 Å². The smallest absolute Gasteiger partial charge is 0.329 e. The highest BCUT2D eigenvalue weighted by molar-refractivity contribution is 6.20. The van der Waals surface area contributed by atoms with E-state index in [4.69, 9.17) is 4.84 Å². The summed E-state index contributed by atoms with van der Waals surface area (Å²) in [5.74, 6) is -1.95. The van der Waals surface area contributed by atoms with Gasteiger partial charge < -0.3 is 4.84 Å². The number of benzene rings is 1. The fourth-order valence-corrected chi connectivity index (χ4v) is 2.24. The average molecular weight is 296 g/mol. The van der Waals surface area contributed by atoms with Crippen LogP contribution in [0.4, 0.5) is 0 Å². The van der Waals surface area contributed by atoms with E-state index >= 15 is 0 Å². The first-order valence-corrected chi connectivity index (χ1v) is 6.67. The minimum absolute atomic E-state index is 0.0624. The lowest BCUT2D eigenvalue weighted by Crippen LogP contribution is -2.33. The maximum Gasteiger partial charge on any atom is 0.337 e. The lowest BCUT2D eigenvalue weighted by Gasteiger charge is -2.13. The minimum atomic E-state index is -0.689. The molecular formula is C16H12N2O4. The van der Waals surface area contributed by atoms with E-state index in [1.165, 1.54) is 12.1 Å². The SMILES string of the molecule is Cc1ncccc1CC(=O)ON1C(=O)c2ccccc2C1=O. The summed E-state index contributed by atoms with van der Waals surface area (Å²) < 4.78 is 0. The Kier molecular flexibility index (Phi) is 3.42. The molecule has 22 heavy (non-hydrogen) atoms. The maximum absolute atomic E-state index is 12.1. The standard InChI is InChI=1S/C16H12N2O4/c1-10-11(5-4-8-17-10)9-14(19)22-18-15(20)12-6-2-3-7-13(12)16(18)21/h2-8H,9H2,1H3. The molecule has 1 aromatic carbocycles. The molecule has 110 valence electrons. The molecule has 2 aromatic rings. The van der Waals surface area contributed by atoms with Crippen molar-refractivity contribution in [3.05, 3.63) is 65.0 Å². The van der Waals surface area contributed by atoms with Crippen LogP contribution in [0.5, 0.6) is 0 Å². The Morgan fingerprint density at radius 3 is 2.32 bits per heavy atom. The fourth-order valence-electron chi connectivity index (χ4n) is 2.24. The number of imide groups is 1. The molecule has 6 nitrogen and oxygen atoms in total. The van der Waals surface area contributed by atoms with Crippen molar-refractivity contribution in [3.63, 3.8) is 0 Å². The number of aromatic nitrogens is 1. The van der Waals surface area contributed by atoms with Crippen molar-refractivity contribution in [2.24, 2.45) is 0 Å². The molecule has 1 aromatic heterocycles. The highest BCUT2D eigenvalue weighted by Gasteiger charge is 2.38. The summed E-state index contributed by atoms with van der Waals surface area (Å²) in [5, 5.41) is 0.513. The van der Waals surface area contributed by atoms with Crippen molar-refractivity contribution < 1.29 is 19.2 Å². The normalized spacial score (nSPS) is 13.2. The molecule has 6 heteroatoms. The van der Waals surface area contributed by atoms with Crippen molar-refractivity contribution in [1.82, 2.24) is 10.0 Å². The molecule has 0 saturated carbocycles. The highest BCUT2D eigenvalue weighted by atomic mass is 16.7. The third kappa shape index (κ3) is 2.35. The van der Waals surface area contributed by atoms with Crippen LogP contribution in [0.3, 0.4) is 0 Å². The number of rotatable bonds is 3. The molecule has 3 rings (SSSR count). The molecule has 2 amide bonds. The fraction of sp³-hybridized carbons (Fsp3) is 0.125. The van der Waals surface area contributed by atoms with Gasteiger partial charge in [0.1, 0.15) is 0 Å². The minimum Gasteiger partial charge on any atom is -0.329 e. The van der Waals surface area contributed by atoms with Crippen molar-refractivity contribution in [2.45, 2.75) is 13.3 Å². The van der Waals surface area contributed by atoms with E-state index in [0.29, 0.717) is 16.3 Å². The first-order valence-electron chi connectivity index (χ1n) is 6.67. The van der Waals surface area contributed by atoms with Crippen LogP contribution in [0.25, 0.3) is 0 Å². The van der Waals surface area contributed by atoms with Crippen LogP contribution in [0.1, 0.15) is 32.0 Å². The van der Waals surface area contributed by atoms with E-state index in [9.17, 15) is 14.4 Å². The quantitative estimate of drug-likeness (QED) is 0.805. The van der Waals surface area contributed by atoms with Crippen LogP contribution >= 0.6 is 0 Å². The van der Waals surface area contributed by atoms with Gasteiger partial charge in [-0.05, 0) is 30.7 Å². The van der Waals surface area contributed by atoms with Crippen LogP contribution in [0, 0.1) is 6.92 Å². The Bertz CT molecular complexity index is 750. The molecule has 1 aliphatic rings. The number of nitrogens with zero attached hydrogens (tertiary/aromatic N) is 2. The molecule has 0 atom stereocenters. The monoisotopic (exact) mass is 296 g/mol. The molecule has 0 radical (unpaired) electrons. The number of pyridine rings is 1. The molecule has 0 bridgehead atoms. The summed E-state index contributed by atoms with van der Waals surface area (Å²) >= 11 is 0. The van der Waals surface area contributed by atoms with Gasteiger partial charge in [-0.15, -0.1) is 0 Å². The van der Waals surface area contributed by atoms with Crippen molar-refractivity contribution in [3.8, 4) is 0 Å². The molecule has 1 aliphatic heterocycles. The predicted octanol–water partition coefficient (Wildman–Crippen LogP) is 1.69. The van der Waals surface area contributed by atoms with Gasteiger partial charge in [0.05, 0.1) is 17.5 Å². The van der Waals surface area contributed by atoms with Gasteiger partial charge in [0.2, 0.25) is 0 Å². The Morgan fingerprint density at radius 2 is 1.73 bits per heavy atom. The molecule has 0 aliphatic carbocycles. The molecular weight excluding hydrogens is 284 g/mol. The summed E-state index contributed by atoms with van der Waals surface area (Å²) in [5.41, 5.74) is 1.85. The van der Waals surface area contributed by atoms with Gasteiger partial charge in [0.25, 0.3) is 11.8 Å². The number of aryl methyl sites for hydroxylation is 1. The Morgan fingerprint density at radius 1 is 1.09 bits per heavy atom. The van der Waals surface area contributed by atoms with Gasteiger partial charge >= 0.3 is 5.97 Å². The summed E-state index contributed by atoms with van der Waals surface area (Å²) in [6.45, 7) is 1.77. The number of hydrogen-bond acceptors (Lipinski definition) is 5.